The van der Waals surface area contributed by atoms with Gasteiger partial charge in [-0.05, 0) is 68.6 Å². The normalized spacial score (nSPS) is 11.6. The second-order valence-corrected chi connectivity index (χ2v) is 5.87. The third-order valence-corrected chi connectivity index (χ3v) is 4.84. The zero-order valence-corrected chi connectivity index (χ0v) is 15.1. The predicted octanol–water partition coefficient (Wildman–Crippen LogP) is 5.50. The van der Waals surface area contributed by atoms with Gasteiger partial charge in [0, 0.05) is 4.48 Å². The van der Waals surface area contributed by atoms with E-state index in [0.29, 0.717) is 15.6 Å². The van der Waals surface area contributed by atoms with Gasteiger partial charge in [-0.1, -0.05) is 30.3 Å². The molecule has 0 bridgehead atoms. The average molecular weight is 426 g/mol. The van der Waals surface area contributed by atoms with Gasteiger partial charge in [-0.3, -0.25) is 0 Å². The lowest BCUT2D eigenvalue weighted by molar-refractivity contribution is -0.137. The van der Waals surface area contributed by atoms with E-state index >= 15 is 0 Å². The molecule has 3 nitrogen and oxygen atoms in total. The number of rotatable bonds is 5. The number of benzene rings is 2. The van der Waals surface area contributed by atoms with Crippen LogP contribution in [0.2, 0.25) is 0 Å². The van der Waals surface area contributed by atoms with Crippen molar-refractivity contribution in [2.45, 2.75) is 6.92 Å². The molecule has 114 valence electrons. The van der Waals surface area contributed by atoms with E-state index in [9.17, 15) is 4.79 Å². The summed E-state index contributed by atoms with van der Waals surface area (Å²) in [5.74, 6) is 1.10. The molecule has 0 saturated carbocycles. The molecule has 0 saturated heterocycles. The lowest BCUT2D eigenvalue weighted by atomic mass is 10.2. The first-order valence-corrected chi connectivity index (χ1v) is 8.26. The predicted molar refractivity (Wildman–Crippen MR) is 94.4 cm³/mol. The molecule has 5 heteroatoms. The van der Waals surface area contributed by atoms with E-state index in [1.165, 1.54) is 0 Å². The number of para-hydroxylation sites is 1. The zero-order valence-electron chi connectivity index (χ0n) is 11.9. The highest BCUT2D eigenvalue weighted by Gasteiger charge is 2.13. The number of esters is 1. The summed E-state index contributed by atoms with van der Waals surface area (Å²) in [7, 11) is 0. The number of hydrogen-bond donors (Lipinski definition) is 0. The van der Waals surface area contributed by atoms with Gasteiger partial charge in [-0.15, -0.1) is 0 Å². The topological polar surface area (TPSA) is 35.5 Å². The second kappa shape index (κ2) is 8.15. The van der Waals surface area contributed by atoms with Crippen LogP contribution in [-0.4, -0.2) is 12.6 Å². The summed E-state index contributed by atoms with van der Waals surface area (Å²) in [6, 6.07) is 17.0. The van der Waals surface area contributed by atoms with Crippen LogP contribution in [-0.2, 0) is 9.53 Å². The molecule has 0 aliphatic heterocycles. The maximum Gasteiger partial charge on any atom is 0.346 e. The fourth-order valence-electron chi connectivity index (χ4n) is 1.70. The number of ether oxygens (including phenoxy) is 2. The molecule has 0 aliphatic rings. The van der Waals surface area contributed by atoms with Gasteiger partial charge in [0.05, 0.1) is 6.61 Å². The summed E-state index contributed by atoms with van der Waals surface area (Å²) < 4.78 is 11.7. The fourth-order valence-corrected chi connectivity index (χ4v) is 2.47. The molecule has 0 amide bonds. The molecule has 22 heavy (non-hydrogen) atoms. The number of hydrogen-bond acceptors (Lipinski definition) is 3. The quantitative estimate of drug-likeness (QED) is 0.468. The summed E-state index contributed by atoms with van der Waals surface area (Å²) in [5.41, 5.74) is 0.848. The molecule has 0 aromatic heterocycles. The van der Waals surface area contributed by atoms with E-state index < -0.39 is 5.97 Å². The zero-order chi connectivity index (χ0) is 15.9. The minimum atomic E-state index is -0.404. The Balaban J connectivity index is 2.14. The number of carbonyl (C=O) groups excluding carboxylic acids is 1. The Bertz CT molecular complexity index is 664. The first-order valence-electron chi connectivity index (χ1n) is 6.67. The molecule has 0 spiro atoms. The summed E-state index contributed by atoms with van der Waals surface area (Å²) in [5, 5.41) is 0. The van der Waals surface area contributed by atoms with Crippen LogP contribution >= 0.6 is 31.9 Å². The van der Waals surface area contributed by atoms with E-state index in [1.807, 2.05) is 54.6 Å². The smallest absolute Gasteiger partial charge is 0.346 e. The Morgan fingerprint density at radius 1 is 0.955 bits per heavy atom. The standard InChI is InChI=1S/C17H14Br2O3/c1-2-21-17(20)16(19)15(18)12-8-10-14(11-9-12)22-13-6-4-3-5-7-13/h3-11H,2H2,1H3/b16-15+. The van der Waals surface area contributed by atoms with Gasteiger partial charge in [0.2, 0.25) is 0 Å². The van der Waals surface area contributed by atoms with Crippen LogP contribution in [0.1, 0.15) is 12.5 Å². The van der Waals surface area contributed by atoms with Crippen molar-refractivity contribution in [2.24, 2.45) is 0 Å². The van der Waals surface area contributed by atoms with Crippen molar-refractivity contribution in [3.63, 3.8) is 0 Å². The summed E-state index contributed by atoms with van der Waals surface area (Å²) in [4.78, 5) is 11.7. The fraction of sp³-hybridized carbons (Fsp3) is 0.118. The van der Waals surface area contributed by atoms with Crippen LogP contribution in [0.3, 0.4) is 0 Å². The van der Waals surface area contributed by atoms with Crippen molar-refractivity contribution >= 4 is 42.3 Å². The molecule has 2 rings (SSSR count). The Kier molecular flexibility index (Phi) is 6.21. The minimum absolute atomic E-state index is 0.331. The molecule has 0 fully saturated rings. The van der Waals surface area contributed by atoms with Gasteiger partial charge in [0.1, 0.15) is 16.0 Å². The Labute approximate surface area is 146 Å². The molecule has 0 heterocycles. The van der Waals surface area contributed by atoms with Gasteiger partial charge in [-0.2, -0.15) is 0 Å². The van der Waals surface area contributed by atoms with E-state index in [2.05, 4.69) is 31.9 Å². The van der Waals surface area contributed by atoms with Crippen molar-refractivity contribution < 1.29 is 14.3 Å². The van der Waals surface area contributed by atoms with Crippen LogP contribution in [0.25, 0.3) is 4.48 Å². The third-order valence-electron chi connectivity index (χ3n) is 2.73. The van der Waals surface area contributed by atoms with Crippen molar-refractivity contribution in [3.8, 4) is 11.5 Å². The molecule has 0 atom stereocenters. The average Bonchev–Trinajstić information content (AvgIpc) is 2.55. The highest BCUT2D eigenvalue weighted by Crippen LogP contribution is 2.31. The lowest BCUT2D eigenvalue weighted by Gasteiger charge is -2.08. The molecule has 0 N–H and O–H groups in total. The second-order valence-electron chi connectivity index (χ2n) is 4.29. The first-order chi connectivity index (χ1) is 10.6. The maximum absolute atomic E-state index is 11.7. The lowest BCUT2D eigenvalue weighted by Crippen LogP contribution is -2.04. The van der Waals surface area contributed by atoms with Crippen molar-refractivity contribution in [2.75, 3.05) is 6.61 Å². The Hall–Kier alpha value is -1.59. The van der Waals surface area contributed by atoms with Gasteiger partial charge < -0.3 is 9.47 Å². The van der Waals surface area contributed by atoms with Crippen LogP contribution in [0.5, 0.6) is 11.5 Å². The minimum Gasteiger partial charge on any atom is -0.462 e. The molecular weight excluding hydrogens is 412 g/mol. The van der Waals surface area contributed by atoms with E-state index in [-0.39, 0.29) is 0 Å². The SMILES string of the molecule is CCOC(=O)/C(Br)=C(\Br)c1ccc(Oc2ccccc2)cc1. The number of carbonyl (C=O) groups is 1. The van der Waals surface area contributed by atoms with Crippen molar-refractivity contribution in [1.82, 2.24) is 0 Å². The largest absolute Gasteiger partial charge is 0.462 e. The Morgan fingerprint density at radius 2 is 1.55 bits per heavy atom. The molecule has 0 unspecified atom stereocenters. The molecule has 0 aliphatic carbocycles. The highest BCUT2D eigenvalue weighted by atomic mass is 79.9. The van der Waals surface area contributed by atoms with E-state index in [0.717, 1.165) is 17.1 Å². The maximum atomic E-state index is 11.7. The van der Waals surface area contributed by atoms with Crippen molar-refractivity contribution in [1.29, 1.82) is 0 Å². The third kappa shape index (κ3) is 4.45. The van der Waals surface area contributed by atoms with Crippen LogP contribution in [0, 0.1) is 0 Å². The summed E-state index contributed by atoms with van der Waals surface area (Å²) >= 11 is 6.65. The molecule has 0 radical (unpaired) electrons. The molecule has 2 aromatic carbocycles. The number of halogens is 2. The van der Waals surface area contributed by atoms with Gasteiger partial charge in [0.25, 0.3) is 0 Å². The van der Waals surface area contributed by atoms with E-state index in [1.54, 1.807) is 6.92 Å². The first kappa shape index (κ1) is 16.8. The summed E-state index contributed by atoms with van der Waals surface area (Å²) in [6.45, 7) is 2.10. The van der Waals surface area contributed by atoms with Gasteiger partial charge >= 0.3 is 5.97 Å². The Morgan fingerprint density at radius 3 is 2.14 bits per heavy atom. The van der Waals surface area contributed by atoms with Gasteiger partial charge in [-0.25, -0.2) is 4.79 Å². The van der Waals surface area contributed by atoms with E-state index in [4.69, 9.17) is 9.47 Å². The van der Waals surface area contributed by atoms with Crippen LogP contribution in [0.4, 0.5) is 0 Å². The van der Waals surface area contributed by atoms with Crippen LogP contribution < -0.4 is 4.74 Å². The highest BCUT2D eigenvalue weighted by molar-refractivity contribution is 9.16. The van der Waals surface area contributed by atoms with Crippen LogP contribution in [0.15, 0.2) is 59.1 Å². The molecule has 2 aromatic rings. The molecular formula is C17H14Br2O3. The monoisotopic (exact) mass is 424 g/mol. The van der Waals surface area contributed by atoms with Gasteiger partial charge in [0.15, 0.2) is 0 Å². The van der Waals surface area contributed by atoms with Crippen molar-refractivity contribution in [3.05, 3.63) is 64.6 Å². The summed E-state index contributed by atoms with van der Waals surface area (Å²) in [6.07, 6.45) is 0.